The maximum absolute atomic E-state index is 13.8. The van der Waals surface area contributed by atoms with E-state index in [1.165, 1.54) is 0 Å². The van der Waals surface area contributed by atoms with Crippen LogP contribution in [0.1, 0.15) is 48.8 Å². The molecule has 160 valence electrons. The number of thioether (sulfide) groups is 1. The molecule has 3 amide bonds. The highest BCUT2D eigenvalue weighted by Crippen LogP contribution is 2.55. The predicted octanol–water partition coefficient (Wildman–Crippen LogP) is 2.72. The van der Waals surface area contributed by atoms with Gasteiger partial charge in [0.25, 0.3) is 0 Å². The van der Waals surface area contributed by atoms with Gasteiger partial charge in [0.05, 0.1) is 11.8 Å². The highest BCUT2D eigenvalue weighted by Gasteiger charge is 2.70. The quantitative estimate of drug-likeness (QED) is 0.723. The van der Waals surface area contributed by atoms with Crippen LogP contribution in [0.2, 0.25) is 0 Å². The second-order valence-corrected chi connectivity index (χ2v) is 10.3. The monoisotopic (exact) mass is 427 g/mol. The van der Waals surface area contributed by atoms with E-state index in [0.29, 0.717) is 0 Å². The molecule has 5 rings (SSSR count). The van der Waals surface area contributed by atoms with Crippen LogP contribution in [0.25, 0.3) is 0 Å². The molecule has 2 saturated heterocycles. The fraction of sp³-hybridized carbons (Fsp3) is 0.609. The van der Waals surface area contributed by atoms with Gasteiger partial charge in [-0.05, 0) is 50.7 Å². The third-order valence-electron chi connectivity index (χ3n) is 7.52. The van der Waals surface area contributed by atoms with Crippen molar-refractivity contribution in [2.45, 2.75) is 63.6 Å². The van der Waals surface area contributed by atoms with E-state index in [1.54, 1.807) is 16.7 Å². The summed E-state index contributed by atoms with van der Waals surface area (Å²) in [5.74, 6) is -0.676. The lowest BCUT2D eigenvalue weighted by molar-refractivity contribution is -0.145. The lowest BCUT2D eigenvalue weighted by atomic mass is 9.76. The van der Waals surface area contributed by atoms with Crippen LogP contribution >= 0.6 is 11.8 Å². The summed E-state index contributed by atoms with van der Waals surface area (Å²) in [5.41, 5.74) is 2.52. The fourth-order valence-electron chi connectivity index (χ4n) is 6.30. The van der Waals surface area contributed by atoms with Crippen molar-refractivity contribution < 1.29 is 14.4 Å². The molecule has 30 heavy (non-hydrogen) atoms. The molecular weight excluding hydrogens is 398 g/mol. The van der Waals surface area contributed by atoms with E-state index in [1.807, 2.05) is 32.2 Å². The number of fused-ring (bicyclic) bond motifs is 4. The number of carbonyl (C=O) groups excluding carboxylic acids is 3. The largest absolute Gasteiger partial charge is 0.324 e. The molecular formula is C23H29N3O3S. The van der Waals surface area contributed by atoms with E-state index in [-0.39, 0.29) is 29.8 Å². The maximum atomic E-state index is 13.8. The van der Waals surface area contributed by atoms with Gasteiger partial charge in [-0.25, -0.2) is 0 Å². The standard InChI is InChI=1S/C23H29N3O3S/c1-12-10-13(2)19-15(11-12)23(22(29)24-19)18-17(16(25-23)8-9-30-3)20(27)26(21(18)28)14-6-4-5-7-14/h10-11,14,16-18,25H,4-9H2,1-3H3,(H,24,29)/t16-,17+,18+,23-/m0/s1. The van der Waals surface area contributed by atoms with E-state index in [0.717, 1.165) is 60.2 Å². The number of anilines is 1. The third-order valence-corrected chi connectivity index (χ3v) is 8.17. The molecule has 6 nitrogen and oxygen atoms in total. The Kier molecular flexibility index (Phi) is 4.74. The fourth-order valence-corrected chi connectivity index (χ4v) is 6.79. The van der Waals surface area contributed by atoms with Crippen molar-refractivity contribution in [1.82, 2.24) is 10.2 Å². The van der Waals surface area contributed by atoms with Gasteiger partial charge in [-0.15, -0.1) is 0 Å². The molecule has 0 radical (unpaired) electrons. The van der Waals surface area contributed by atoms with E-state index in [2.05, 4.69) is 10.6 Å². The van der Waals surface area contributed by atoms with Crippen LogP contribution < -0.4 is 10.6 Å². The smallest absolute Gasteiger partial charge is 0.250 e. The molecule has 1 spiro atoms. The number of hydrogen-bond donors (Lipinski definition) is 2. The topological polar surface area (TPSA) is 78.5 Å². The Morgan fingerprint density at radius 3 is 2.57 bits per heavy atom. The number of likely N-dealkylation sites (tertiary alicyclic amines) is 1. The Labute approximate surface area is 181 Å². The lowest BCUT2D eigenvalue weighted by Crippen LogP contribution is -2.54. The third kappa shape index (κ3) is 2.57. The minimum absolute atomic E-state index is 0.00275. The van der Waals surface area contributed by atoms with Gasteiger partial charge in [0, 0.05) is 23.3 Å². The zero-order valence-corrected chi connectivity index (χ0v) is 18.6. The van der Waals surface area contributed by atoms with E-state index >= 15 is 0 Å². The summed E-state index contributed by atoms with van der Waals surface area (Å²) in [6.07, 6.45) is 6.67. The van der Waals surface area contributed by atoms with Crippen molar-refractivity contribution in [2.75, 3.05) is 17.3 Å². The number of nitrogens with one attached hydrogen (secondary N) is 2. The van der Waals surface area contributed by atoms with Crippen LogP contribution in [0.4, 0.5) is 5.69 Å². The van der Waals surface area contributed by atoms with Gasteiger partial charge in [0.2, 0.25) is 17.7 Å². The van der Waals surface area contributed by atoms with Crippen LogP contribution in [-0.4, -0.2) is 46.7 Å². The second kappa shape index (κ2) is 7.09. The molecule has 1 aromatic carbocycles. The van der Waals surface area contributed by atoms with Crippen molar-refractivity contribution >= 4 is 35.2 Å². The van der Waals surface area contributed by atoms with Gasteiger partial charge in [0.1, 0.15) is 5.54 Å². The average molecular weight is 428 g/mol. The first-order chi connectivity index (χ1) is 14.4. The average Bonchev–Trinajstić information content (AvgIpc) is 3.44. The van der Waals surface area contributed by atoms with Gasteiger partial charge in [-0.3, -0.25) is 24.6 Å². The van der Waals surface area contributed by atoms with Gasteiger partial charge in [0.15, 0.2) is 0 Å². The Morgan fingerprint density at radius 1 is 1.13 bits per heavy atom. The number of aryl methyl sites for hydroxylation is 2. The summed E-state index contributed by atoms with van der Waals surface area (Å²) in [6.45, 7) is 3.99. The van der Waals surface area contributed by atoms with Gasteiger partial charge >= 0.3 is 0 Å². The summed E-state index contributed by atoms with van der Waals surface area (Å²) in [4.78, 5) is 42.4. The Balaban J connectivity index is 1.65. The molecule has 7 heteroatoms. The van der Waals surface area contributed by atoms with Crippen LogP contribution in [0, 0.1) is 25.7 Å². The highest BCUT2D eigenvalue weighted by molar-refractivity contribution is 7.98. The Morgan fingerprint density at radius 2 is 1.87 bits per heavy atom. The molecule has 1 saturated carbocycles. The molecule has 0 unspecified atom stereocenters. The molecule has 1 aliphatic carbocycles. The summed E-state index contributed by atoms with van der Waals surface area (Å²) in [5, 5.41) is 6.59. The number of nitrogens with zero attached hydrogens (tertiary/aromatic N) is 1. The normalized spacial score (nSPS) is 33.0. The van der Waals surface area contributed by atoms with Crippen molar-refractivity contribution in [3.63, 3.8) is 0 Å². The van der Waals surface area contributed by atoms with Crippen molar-refractivity contribution in [3.8, 4) is 0 Å². The van der Waals surface area contributed by atoms with Gasteiger partial charge < -0.3 is 5.32 Å². The van der Waals surface area contributed by atoms with Crippen molar-refractivity contribution in [2.24, 2.45) is 11.8 Å². The van der Waals surface area contributed by atoms with E-state index < -0.39 is 17.4 Å². The van der Waals surface area contributed by atoms with E-state index in [4.69, 9.17) is 0 Å². The Hall–Kier alpha value is -1.86. The summed E-state index contributed by atoms with van der Waals surface area (Å²) in [7, 11) is 0. The second-order valence-electron chi connectivity index (χ2n) is 9.29. The van der Waals surface area contributed by atoms with Crippen LogP contribution in [-0.2, 0) is 19.9 Å². The summed E-state index contributed by atoms with van der Waals surface area (Å²) in [6, 6.07) is 3.87. The number of benzene rings is 1. The first kappa shape index (κ1) is 20.1. The summed E-state index contributed by atoms with van der Waals surface area (Å²) >= 11 is 1.72. The van der Waals surface area contributed by atoms with Crippen LogP contribution in [0.3, 0.4) is 0 Å². The molecule has 0 bridgehead atoms. The molecule has 1 aromatic rings. The zero-order chi connectivity index (χ0) is 21.2. The number of imide groups is 1. The van der Waals surface area contributed by atoms with Crippen molar-refractivity contribution in [1.29, 1.82) is 0 Å². The Bertz CT molecular complexity index is 942. The first-order valence-corrected chi connectivity index (χ1v) is 12.4. The van der Waals surface area contributed by atoms with Crippen LogP contribution in [0.5, 0.6) is 0 Å². The van der Waals surface area contributed by atoms with E-state index in [9.17, 15) is 14.4 Å². The zero-order valence-electron chi connectivity index (χ0n) is 17.8. The highest BCUT2D eigenvalue weighted by atomic mass is 32.2. The number of rotatable bonds is 4. The maximum Gasteiger partial charge on any atom is 0.250 e. The SMILES string of the molecule is CSCC[C@@H]1N[C@]2(C(=O)Nc3c(C)cc(C)cc32)[C@H]2C(=O)N(C3CCCC3)C(=O)[C@H]12. The van der Waals surface area contributed by atoms with Crippen molar-refractivity contribution in [3.05, 3.63) is 28.8 Å². The molecule has 2 N–H and O–H groups in total. The number of hydrogen-bond acceptors (Lipinski definition) is 5. The minimum atomic E-state index is -1.15. The number of amides is 3. The lowest BCUT2D eigenvalue weighted by Gasteiger charge is -2.31. The molecule has 4 aliphatic rings. The number of carbonyl (C=O) groups is 3. The molecule has 4 atom stereocenters. The predicted molar refractivity (Wildman–Crippen MR) is 117 cm³/mol. The minimum Gasteiger partial charge on any atom is -0.324 e. The summed E-state index contributed by atoms with van der Waals surface area (Å²) < 4.78 is 0. The molecule has 3 fully saturated rings. The first-order valence-electron chi connectivity index (χ1n) is 11.0. The molecule has 3 heterocycles. The van der Waals surface area contributed by atoms with Gasteiger partial charge in [-0.1, -0.05) is 30.5 Å². The van der Waals surface area contributed by atoms with Gasteiger partial charge in [-0.2, -0.15) is 11.8 Å². The van der Waals surface area contributed by atoms with Crippen LogP contribution in [0.15, 0.2) is 12.1 Å². The molecule has 3 aliphatic heterocycles. The molecule has 0 aromatic heterocycles.